The lowest BCUT2D eigenvalue weighted by atomic mass is 10.0. The Morgan fingerprint density at radius 3 is 2.21 bits per heavy atom. The first-order valence-corrected chi connectivity index (χ1v) is 11.4. The van der Waals surface area contributed by atoms with Crippen molar-refractivity contribution in [3.05, 3.63) is 83.6 Å². The second-order valence-electron chi connectivity index (χ2n) is 7.19. The average Bonchev–Trinajstić information content (AvgIpc) is 3.04. The molecule has 2 aromatic carbocycles. The number of hydrogen-bond acceptors (Lipinski definition) is 1. The third-order valence-electron chi connectivity index (χ3n) is 4.78. The molecule has 0 saturated heterocycles. The van der Waals surface area contributed by atoms with Crippen LogP contribution in [-0.4, -0.2) is 8.24 Å². The van der Waals surface area contributed by atoms with Crippen LogP contribution >= 0.6 is 0 Å². The fraction of sp³-hybridized carbons (Fsp3) is 0.273. The van der Waals surface area contributed by atoms with Crippen molar-refractivity contribution in [3.63, 3.8) is 0 Å². The lowest BCUT2D eigenvalue weighted by Crippen LogP contribution is -2.54. The molecule has 2 aromatic rings. The summed E-state index contributed by atoms with van der Waals surface area (Å²) in [6.07, 6.45) is 6.95. The van der Waals surface area contributed by atoms with Crippen LogP contribution in [0.3, 0.4) is 0 Å². The quantitative estimate of drug-likeness (QED) is 0.696. The molecule has 0 amide bonds. The number of para-hydroxylation sites is 1. The van der Waals surface area contributed by atoms with Crippen LogP contribution in [0.5, 0.6) is 0 Å². The highest BCUT2D eigenvalue weighted by Crippen LogP contribution is 2.32. The maximum atomic E-state index is 3.96. The summed E-state index contributed by atoms with van der Waals surface area (Å²) in [7, 11) is -2.00. The zero-order chi connectivity index (χ0) is 17.0. The van der Waals surface area contributed by atoms with Gasteiger partial charge in [-0.25, -0.2) is 0 Å². The maximum Gasteiger partial charge on any atom is 0.211 e. The third kappa shape index (κ3) is 3.54. The Labute approximate surface area is 147 Å². The zero-order valence-electron chi connectivity index (χ0n) is 14.9. The molecule has 0 radical (unpaired) electrons. The zero-order valence-corrected chi connectivity index (χ0v) is 15.9. The lowest BCUT2D eigenvalue weighted by Gasteiger charge is -2.33. The molecule has 0 fully saturated rings. The molecular weight excluding hydrogens is 306 g/mol. The van der Waals surface area contributed by atoms with E-state index in [0.29, 0.717) is 5.92 Å². The molecular formula is C22H27NSi. The Hall–Kier alpha value is -2.06. The number of nitrogens with one attached hydrogen (secondary N) is 1. The van der Waals surface area contributed by atoms with Gasteiger partial charge in [0.05, 0.1) is 0 Å². The van der Waals surface area contributed by atoms with Gasteiger partial charge in [0.1, 0.15) is 0 Å². The van der Waals surface area contributed by atoms with Gasteiger partial charge in [-0.3, -0.25) is 0 Å². The van der Waals surface area contributed by atoms with Gasteiger partial charge in [-0.1, -0.05) is 80.1 Å². The number of hydrogen-bond donors (Lipinski definition) is 1. The summed E-state index contributed by atoms with van der Waals surface area (Å²) in [5, 5.41) is 3.08. The fourth-order valence-corrected chi connectivity index (χ4v) is 7.21. The van der Waals surface area contributed by atoms with Crippen molar-refractivity contribution in [1.82, 2.24) is 0 Å². The van der Waals surface area contributed by atoms with Crippen LogP contribution in [-0.2, 0) is 0 Å². The van der Waals surface area contributed by atoms with Gasteiger partial charge >= 0.3 is 0 Å². The predicted octanol–water partition coefficient (Wildman–Crippen LogP) is 5.42. The van der Waals surface area contributed by atoms with Gasteiger partial charge < -0.3 is 4.98 Å². The SMILES string of the molecule is CC(C)CC1=C([Si](C)(Nc2ccccc2)c2ccccc2)CC=C1. The normalized spacial score (nSPS) is 16.5. The van der Waals surface area contributed by atoms with Gasteiger partial charge in [0.15, 0.2) is 0 Å². The van der Waals surface area contributed by atoms with Gasteiger partial charge in [-0.15, -0.1) is 0 Å². The van der Waals surface area contributed by atoms with E-state index in [1.807, 2.05) is 0 Å². The van der Waals surface area contributed by atoms with Crippen LogP contribution < -0.4 is 10.2 Å². The van der Waals surface area contributed by atoms with Crippen LogP contribution in [0.15, 0.2) is 83.6 Å². The van der Waals surface area contributed by atoms with Crippen molar-refractivity contribution in [3.8, 4) is 0 Å². The number of benzene rings is 2. The van der Waals surface area contributed by atoms with Crippen molar-refractivity contribution in [2.24, 2.45) is 5.92 Å². The van der Waals surface area contributed by atoms with Gasteiger partial charge in [-0.2, -0.15) is 0 Å². The number of rotatable bonds is 6. The summed E-state index contributed by atoms with van der Waals surface area (Å²) < 4.78 is 0. The molecule has 3 rings (SSSR count). The summed E-state index contributed by atoms with van der Waals surface area (Å²) in [6, 6.07) is 21.7. The molecule has 0 aromatic heterocycles. The Morgan fingerprint density at radius 1 is 0.958 bits per heavy atom. The first-order chi connectivity index (χ1) is 11.6. The first kappa shape index (κ1) is 16.8. The molecule has 2 heteroatoms. The smallest absolute Gasteiger partial charge is 0.211 e. The van der Waals surface area contributed by atoms with Crippen molar-refractivity contribution >= 4 is 19.1 Å². The van der Waals surface area contributed by atoms with Crippen molar-refractivity contribution < 1.29 is 0 Å². The maximum absolute atomic E-state index is 3.96. The number of allylic oxidation sites excluding steroid dienone is 4. The first-order valence-electron chi connectivity index (χ1n) is 8.87. The van der Waals surface area contributed by atoms with E-state index in [0.717, 1.165) is 12.8 Å². The minimum absolute atomic E-state index is 0.684. The van der Waals surface area contributed by atoms with E-state index in [9.17, 15) is 0 Å². The van der Waals surface area contributed by atoms with E-state index in [-0.39, 0.29) is 0 Å². The summed E-state index contributed by atoms with van der Waals surface area (Å²) >= 11 is 0. The highest BCUT2D eigenvalue weighted by Gasteiger charge is 2.37. The standard InChI is InChI=1S/C22H27NSi/c1-18(2)17-19-11-10-16-22(19)24(3,21-14-8-5-9-15-21)23-20-12-6-4-7-13-20/h4-15,18,23H,16-17H2,1-3H3. The van der Waals surface area contributed by atoms with Crippen LogP contribution in [0.2, 0.25) is 6.55 Å². The Balaban J connectivity index is 2.06. The van der Waals surface area contributed by atoms with E-state index in [4.69, 9.17) is 0 Å². The van der Waals surface area contributed by atoms with E-state index < -0.39 is 8.24 Å². The van der Waals surface area contributed by atoms with Crippen molar-refractivity contribution in [2.75, 3.05) is 4.98 Å². The molecule has 0 heterocycles. The van der Waals surface area contributed by atoms with E-state index in [2.05, 4.69) is 98.2 Å². The second kappa shape index (κ2) is 7.23. The summed E-state index contributed by atoms with van der Waals surface area (Å²) in [4.78, 5) is 3.96. The average molecular weight is 334 g/mol. The van der Waals surface area contributed by atoms with Gasteiger partial charge in [0, 0.05) is 5.69 Å². The highest BCUT2D eigenvalue weighted by molar-refractivity contribution is 6.99. The molecule has 0 bridgehead atoms. The Morgan fingerprint density at radius 2 is 1.58 bits per heavy atom. The second-order valence-corrected chi connectivity index (χ2v) is 10.9. The van der Waals surface area contributed by atoms with Crippen LogP contribution in [0.1, 0.15) is 26.7 Å². The van der Waals surface area contributed by atoms with Gasteiger partial charge in [0.2, 0.25) is 8.24 Å². The number of anilines is 1. The van der Waals surface area contributed by atoms with Crippen LogP contribution in [0.25, 0.3) is 0 Å². The largest absolute Gasteiger partial charge is 0.404 e. The Kier molecular flexibility index (Phi) is 5.05. The summed E-state index contributed by atoms with van der Waals surface area (Å²) in [5.74, 6) is 0.684. The molecule has 1 nitrogen and oxygen atoms in total. The molecule has 0 spiro atoms. The highest BCUT2D eigenvalue weighted by atomic mass is 28.3. The Bertz CT molecular complexity index is 731. The lowest BCUT2D eigenvalue weighted by molar-refractivity contribution is 0.649. The van der Waals surface area contributed by atoms with E-state index in [1.165, 1.54) is 10.9 Å². The van der Waals surface area contributed by atoms with E-state index in [1.54, 1.807) is 10.8 Å². The molecule has 24 heavy (non-hydrogen) atoms. The van der Waals surface area contributed by atoms with Crippen LogP contribution in [0, 0.1) is 5.92 Å². The van der Waals surface area contributed by atoms with Crippen LogP contribution in [0.4, 0.5) is 5.69 Å². The molecule has 1 aliphatic carbocycles. The van der Waals surface area contributed by atoms with Gasteiger partial charge in [0.25, 0.3) is 0 Å². The summed E-state index contributed by atoms with van der Waals surface area (Å²) in [5.41, 5.74) is 2.77. The topological polar surface area (TPSA) is 12.0 Å². The third-order valence-corrected chi connectivity index (χ3v) is 8.79. The van der Waals surface area contributed by atoms with E-state index >= 15 is 0 Å². The van der Waals surface area contributed by atoms with Crippen molar-refractivity contribution in [1.29, 1.82) is 0 Å². The molecule has 1 unspecified atom stereocenters. The van der Waals surface area contributed by atoms with Gasteiger partial charge in [-0.05, 0) is 47.8 Å². The molecule has 1 aliphatic rings. The molecule has 124 valence electrons. The molecule has 1 N–H and O–H groups in total. The monoisotopic (exact) mass is 333 g/mol. The summed E-state index contributed by atoms with van der Waals surface area (Å²) in [6.45, 7) is 7.07. The fourth-order valence-electron chi connectivity index (χ4n) is 3.61. The minimum Gasteiger partial charge on any atom is -0.404 e. The van der Waals surface area contributed by atoms with Crippen molar-refractivity contribution in [2.45, 2.75) is 33.2 Å². The molecule has 0 saturated carbocycles. The molecule has 0 aliphatic heterocycles. The predicted molar refractivity (Wildman–Crippen MR) is 108 cm³/mol. The minimum atomic E-state index is -2.00. The molecule has 1 atom stereocenters.